The van der Waals surface area contributed by atoms with Crippen molar-refractivity contribution in [1.82, 2.24) is 24.8 Å². The summed E-state index contributed by atoms with van der Waals surface area (Å²) in [5, 5.41) is 11.3. The van der Waals surface area contributed by atoms with E-state index in [0.29, 0.717) is 5.82 Å². The number of sulfonamides is 1. The third-order valence-electron chi connectivity index (χ3n) is 2.23. The van der Waals surface area contributed by atoms with E-state index in [4.69, 9.17) is 0 Å². The van der Waals surface area contributed by atoms with Gasteiger partial charge in [0, 0.05) is 20.2 Å². The molecule has 18 heavy (non-hydrogen) atoms. The van der Waals surface area contributed by atoms with Crippen LogP contribution >= 0.6 is 15.9 Å². The van der Waals surface area contributed by atoms with Gasteiger partial charge in [-0.15, -0.1) is 5.10 Å². The Bertz CT molecular complexity index is 669. The van der Waals surface area contributed by atoms with Crippen LogP contribution in [0.15, 0.2) is 15.7 Å². The molecule has 2 heterocycles. The van der Waals surface area contributed by atoms with Crippen molar-refractivity contribution < 1.29 is 8.42 Å². The molecule has 0 amide bonds. The molecule has 2 rings (SSSR count). The lowest BCUT2D eigenvalue weighted by molar-refractivity contribution is 0.578. The monoisotopic (exact) mass is 334 g/mol. The summed E-state index contributed by atoms with van der Waals surface area (Å²) < 4.78 is 29.6. The lowest BCUT2D eigenvalue weighted by Gasteiger charge is -2.07. The first-order chi connectivity index (χ1) is 8.31. The molecule has 1 N–H and O–H groups in total. The first-order valence-electron chi connectivity index (χ1n) is 4.90. The van der Waals surface area contributed by atoms with E-state index in [-0.39, 0.29) is 9.63 Å². The molecule has 0 aromatic carbocycles. The summed E-state index contributed by atoms with van der Waals surface area (Å²) >= 11 is 3.05. The van der Waals surface area contributed by atoms with Crippen LogP contribution in [0.25, 0.3) is 0 Å². The number of aromatic nitrogens is 5. The number of hydrogen-bond donors (Lipinski definition) is 1. The maximum absolute atomic E-state index is 12.2. The Morgan fingerprint density at radius 2 is 2.00 bits per heavy atom. The molecule has 0 fully saturated rings. The molecule has 2 aromatic rings. The number of nitrogens with one attached hydrogen (secondary N) is 1. The van der Waals surface area contributed by atoms with Crippen LogP contribution in [-0.4, -0.2) is 33.2 Å². The van der Waals surface area contributed by atoms with E-state index in [2.05, 4.69) is 36.1 Å². The van der Waals surface area contributed by atoms with Crippen molar-refractivity contribution in [2.45, 2.75) is 11.9 Å². The van der Waals surface area contributed by atoms with E-state index in [0.717, 1.165) is 5.69 Å². The molecule has 0 saturated heterocycles. The zero-order chi connectivity index (χ0) is 13.5. The summed E-state index contributed by atoms with van der Waals surface area (Å²) in [7, 11) is -0.605. The molecule has 0 atom stereocenters. The molecule has 8 nitrogen and oxygen atoms in total. The van der Waals surface area contributed by atoms with E-state index >= 15 is 0 Å². The molecule has 0 saturated carbocycles. The van der Waals surface area contributed by atoms with Crippen molar-refractivity contribution in [2.75, 3.05) is 4.72 Å². The number of anilines is 1. The van der Waals surface area contributed by atoms with Crippen LogP contribution < -0.4 is 4.72 Å². The molecule has 0 unspecified atom stereocenters. The minimum atomic E-state index is -3.76. The molecular formula is C8H11BrN6O2S. The fraction of sp³-hybridized carbons (Fsp3) is 0.375. The van der Waals surface area contributed by atoms with Gasteiger partial charge in [0.15, 0.2) is 4.60 Å². The van der Waals surface area contributed by atoms with Gasteiger partial charge in [0.05, 0.1) is 5.69 Å². The highest BCUT2D eigenvalue weighted by Gasteiger charge is 2.25. The summed E-state index contributed by atoms with van der Waals surface area (Å²) in [6, 6.07) is 1.63. The first-order valence-corrected chi connectivity index (χ1v) is 7.17. The highest BCUT2D eigenvalue weighted by atomic mass is 79.9. The topological polar surface area (TPSA) is 94.7 Å². The first kappa shape index (κ1) is 13.0. The maximum Gasteiger partial charge on any atom is 0.283 e. The zero-order valence-electron chi connectivity index (χ0n) is 9.92. The van der Waals surface area contributed by atoms with Gasteiger partial charge in [-0.25, -0.2) is 4.68 Å². The van der Waals surface area contributed by atoms with Crippen LogP contribution in [0.5, 0.6) is 0 Å². The fourth-order valence-electron chi connectivity index (χ4n) is 1.50. The molecule has 0 radical (unpaired) electrons. The van der Waals surface area contributed by atoms with E-state index in [1.54, 1.807) is 20.0 Å². The summed E-state index contributed by atoms with van der Waals surface area (Å²) in [5.41, 5.74) is 0.720. The van der Waals surface area contributed by atoms with Gasteiger partial charge in [-0.1, -0.05) is 5.21 Å². The van der Waals surface area contributed by atoms with E-state index < -0.39 is 10.0 Å². The third-order valence-corrected chi connectivity index (χ3v) is 4.47. The largest absolute Gasteiger partial charge is 0.283 e. The Kier molecular flexibility index (Phi) is 3.15. The molecule has 0 bridgehead atoms. The highest BCUT2D eigenvalue weighted by Crippen LogP contribution is 2.21. The van der Waals surface area contributed by atoms with Gasteiger partial charge in [-0.05, 0) is 22.9 Å². The van der Waals surface area contributed by atoms with Gasteiger partial charge in [0.25, 0.3) is 10.0 Å². The van der Waals surface area contributed by atoms with Gasteiger partial charge in [0.1, 0.15) is 5.82 Å². The summed E-state index contributed by atoms with van der Waals surface area (Å²) in [5.74, 6) is 0.376. The van der Waals surface area contributed by atoms with Gasteiger partial charge in [0.2, 0.25) is 5.03 Å². The molecule has 0 spiro atoms. The minimum absolute atomic E-state index is 0.0404. The number of hydrogen-bond acceptors (Lipinski definition) is 5. The normalized spacial score (nSPS) is 11.8. The van der Waals surface area contributed by atoms with E-state index in [1.165, 1.54) is 16.4 Å². The van der Waals surface area contributed by atoms with Gasteiger partial charge in [-0.3, -0.25) is 9.40 Å². The standard InChI is InChI=1S/C8H11BrN6O2S/c1-5-4-6(14(2)11-5)12-18(16,17)8-7(9)10-13-15(8)3/h4,12H,1-3H3. The highest BCUT2D eigenvalue weighted by molar-refractivity contribution is 9.10. The Balaban J connectivity index is 2.42. The number of aryl methyl sites for hydroxylation is 3. The van der Waals surface area contributed by atoms with E-state index in [9.17, 15) is 8.42 Å². The summed E-state index contributed by atoms with van der Waals surface area (Å²) in [4.78, 5) is 0. The average Bonchev–Trinajstić information content (AvgIpc) is 2.70. The molecule has 0 aliphatic rings. The Morgan fingerprint density at radius 1 is 1.33 bits per heavy atom. The molecular weight excluding hydrogens is 324 g/mol. The Morgan fingerprint density at radius 3 is 2.44 bits per heavy atom. The fourth-order valence-corrected chi connectivity index (χ4v) is 3.68. The quantitative estimate of drug-likeness (QED) is 0.877. The molecule has 98 valence electrons. The molecule has 0 aliphatic carbocycles. The van der Waals surface area contributed by atoms with Crippen LogP contribution in [0, 0.1) is 6.92 Å². The smallest absolute Gasteiger partial charge is 0.262 e. The average molecular weight is 335 g/mol. The number of halogens is 1. The zero-order valence-corrected chi connectivity index (χ0v) is 12.3. The third kappa shape index (κ3) is 2.25. The van der Waals surface area contributed by atoms with E-state index in [1.807, 2.05) is 0 Å². The second kappa shape index (κ2) is 4.35. The lowest BCUT2D eigenvalue weighted by atomic mass is 10.5. The molecule has 10 heteroatoms. The van der Waals surface area contributed by atoms with Crippen molar-refractivity contribution in [3.8, 4) is 0 Å². The Labute approximate surface area is 112 Å². The summed E-state index contributed by atoms with van der Waals surface area (Å²) in [6.07, 6.45) is 0. The Hall–Kier alpha value is -1.42. The van der Waals surface area contributed by atoms with Crippen LogP contribution in [0.4, 0.5) is 5.82 Å². The van der Waals surface area contributed by atoms with Crippen LogP contribution in [-0.2, 0) is 24.1 Å². The number of nitrogens with zero attached hydrogens (tertiary/aromatic N) is 5. The van der Waals surface area contributed by atoms with Crippen LogP contribution in [0.2, 0.25) is 0 Å². The van der Waals surface area contributed by atoms with Crippen LogP contribution in [0.1, 0.15) is 5.69 Å². The predicted octanol–water partition coefficient (Wildman–Crippen LogP) is 0.420. The van der Waals surface area contributed by atoms with Crippen molar-refractivity contribution in [1.29, 1.82) is 0 Å². The van der Waals surface area contributed by atoms with Crippen molar-refractivity contribution in [3.05, 3.63) is 16.4 Å². The van der Waals surface area contributed by atoms with Crippen molar-refractivity contribution in [2.24, 2.45) is 14.1 Å². The minimum Gasteiger partial charge on any atom is -0.262 e. The summed E-state index contributed by atoms with van der Waals surface area (Å²) in [6.45, 7) is 1.78. The van der Waals surface area contributed by atoms with Crippen molar-refractivity contribution in [3.63, 3.8) is 0 Å². The lowest BCUT2D eigenvalue weighted by Crippen LogP contribution is -2.18. The van der Waals surface area contributed by atoms with Gasteiger partial charge in [-0.2, -0.15) is 13.5 Å². The SMILES string of the molecule is Cc1cc(NS(=O)(=O)c2c(Br)nnn2C)n(C)n1. The second-order valence-corrected chi connectivity index (χ2v) is 6.06. The van der Waals surface area contributed by atoms with Crippen LogP contribution in [0.3, 0.4) is 0 Å². The number of rotatable bonds is 3. The molecule has 0 aliphatic heterocycles. The van der Waals surface area contributed by atoms with Gasteiger partial charge < -0.3 is 0 Å². The van der Waals surface area contributed by atoms with Crippen molar-refractivity contribution >= 4 is 31.8 Å². The molecule has 2 aromatic heterocycles. The predicted molar refractivity (Wildman–Crippen MR) is 67.5 cm³/mol. The van der Waals surface area contributed by atoms with Gasteiger partial charge >= 0.3 is 0 Å². The maximum atomic E-state index is 12.2. The second-order valence-electron chi connectivity index (χ2n) is 3.71.